The molecule has 198 valence electrons. The minimum atomic E-state index is -4.46. The van der Waals surface area contributed by atoms with E-state index in [1.54, 1.807) is 6.20 Å². The SMILES string of the molecule is C=C(/C=C1\NCCCC1Nc1nccc2ccc(P)cc12)/C(=C/C(=C)C(F)(F)F)C(C)C.CC.PI. The van der Waals surface area contributed by atoms with Crippen molar-refractivity contribution in [3.05, 3.63) is 78.2 Å². The van der Waals surface area contributed by atoms with E-state index in [9.17, 15) is 13.2 Å². The first-order chi connectivity index (χ1) is 17.1. The van der Waals surface area contributed by atoms with E-state index in [1.807, 2.05) is 45.9 Å². The van der Waals surface area contributed by atoms with Crippen molar-refractivity contribution in [2.24, 2.45) is 5.92 Å². The predicted octanol–water partition coefficient (Wildman–Crippen LogP) is 8.28. The number of rotatable bonds is 6. The Hall–Kier alpha value is -1.43. The van der Waals surface area contributed by atoms with E-state index >= 15 is 0 Å². The van der Waals surface area contributed by atoms with Crippen molar-refractivity contribution in [3.63, 3.8) is 0 Å². The molecule has 0 spiro atoms. The molecule has 3 nitrogen and oxygen atoms in total. The molecule has 3 unspecified atom stereocenters. The zero-order valence-corrected chi connectivity index (χ0v) is 25.8. The van der Waals surface area contributed by atoms with Crippen LogP contribution in [0.15, 0.2) is 78.2 Å². The number of fused-ring (bicyclic) bond motifs is 1. The summed E-state index contributed by atoms with van der Waals surface area (Å²) < 4.78 is 39.1. The second kappa shape index (κ2) is 15.7. The number of halogens is 4. The molecule has 36 heavy (non-hydrogen) atoms. The smallest absolute Gasteiger partial charge is 0.387 e. The van der Waals surface area contributed by atoms with Gasteiger partial charge in [0.25, 0.3) is 0 Å². The molecule has 1 aliphatic heterocycles. The van der Waals surface area contributed by atoms with Crippen LogP contribution in [0.1, 0.15) is 40.5 Å². The first kappa shape index (κ1) is 32.6. The van der Waals surface area contributed by atoms with Crippen molar-refractivity contribution in [2.75, 3.05) is 11.9 Å². The Morgan fingerprint density at radius 1 is 1.22 bits per heavy atom. The van der Waals surface area contributed by atoms with Crippen LogP contribution in [0.3, 0.4) is 0 Å². The number of hydrogen-bond acceptors (Lipinski definition) is 3. The number of allylic oxidation sites excluding steroid dienone is 5. The van der Waals surface area contributed by atoms with Crippen LogP contribution in [0.5, 0.6) is 0 Å². The first-order valence-electron chi connectivity index (χ1n) is 11.8. The van der Waals surface area contributed by atoms with Crippen LogP contribution >= 0.6 is 38.2 Å². The second-order valence-corrected chi connectivity index (χ2v) is 8.98. The lowest BCUT2D eigenvalue weighted by Gasteiger charge is -2.29. The van der Waals surface area contributed by atoms with Crippen molar-refractivity contribution < 1.29 is 13.2 Å². The van der Waals surface area contributed by atoms with E-state index in [-0.39, 0.29) is 12.0 Å². The summed E-state index contributed by atoms with van der Waals surface area (Å²) in [5, 5.41) is 10.1. The summed E-state index contributed by atoms with van der Waals surface area (Å²) >= 11 is 2.07. The molecule has 1 aromatic heterocycles. The Morgan fingerprint density at radius 2 is 1.89 bits per heavy atom. The third-order valence-electron chi connectivity index (χ3n) is 5.49. The number of piperidine rings is 1. The van der Waals surface area contributed by atoms with Crippen LogP contribution in [0, 0.1) is 5.92 Å². The highest BCUT2D eigenvalue weighted by atomic mass is 127. The molecule has 9 heteroatoms. The lowest BCUT2D eigenvalue weighted by atomic mass is 9.91. The van der Waals surface area contributed by atoms with Gasteiger partial charge in [0.1, 0.15) is 5.82 Å². The van der Waals surface area contributed by atoms with Crippen molar-refractivity contribution in [3.8, 4) is 0 Å². The molecule has 0 aliphatic carbocycles. The summed E-state index contributed by atoms with van der Waals surface area (Å²) in [5.74, 6) is 0.649. The number of nitrogens with one attached hydrogen (secondary N) is 2. The number of pyridine rings is 1. The van der Waals surface area contributed by atoms with Crippen LogP contribution < -0.4 is 15.9 Å². The molecule has 1 aromatic carbocycles. The summed E-state index contributed by atoms with van der Waals surface area (Å²) in [6.45, 7) is 18.1. The van der Waals surface area contributed by atoms with Crippen molar-refractivity contribution in [2.45, 2.75) is 52.8 Å². The van der Waals surface area contributed by atoms with Gasteiger partial charge >= 0.3 is 6.18 Å². The van der Waals surface area contributed by atoms with Gasteiger partial charge in [-0.2, -0.15) is 13.2 Å². The van der Waals surface area contributed by atoms with E-state index < -0.39 is 11.7 Å². The van der Waals surface area contributed by atoms with Crippen LogP contribution in [0.25, 0.3) is 10.8 Å². The fourth-order valence-electron chi connectivity index (χ4n) is 3.76. The van der Waals surface area contributed by atoms with Crippen LogP contribution in [-0.2, 0) is 0 Å². The number of alkyl halides is 3. The summed E-state index contributed by atoms with van der Waals surface area (Å²) in [6, 6.07) is 8.07. The highest BCUT2D eigenvalue weighted by Crippen LogP contribution is 2.31. The largest absolute Gasteiger partial charge is 0.415 e. The van der Waals surface area contributed by atoms with Crippen molar-refractivity contribution >= 4 is 60.1 Å². The fourth-order valence-corrected chi connectivity index (χ4v) is 4.02. The van der Waals surface area contributed by atoms with Gasteiger partial charge < -0.3 is 10.6 Å². The average Bonchev–Trinajstić information content (AvgIpc) is 2.85. The highest BCUT2D eigenvalue weighted by molar-refractivity contribution is 14.2. The van der Waals surface area contributed by atoms with Crippen LogP contribution in [0.2, 0.25) is 0 Å². The second-order valence-electron chi connectivity index (χ2n) is 8.31. The van der Waals surface area contributed by atoms with Gasteiger partial charge in [-0.05, 0) is 64.9 Å². The monoisotopic (exact) mass is 649 g/mol. The number of aromatic nitrogens is 1. The normalized spacial score (nSPS) is 16.9. The molecule has 2 aromatic rings. The van der Waals surface area contributed by atoms with Crippen LogP contribution in [0.4, 0.5) is 19.0 Å². The molecule has 1 fully saturated rings. The van der Waals surface area contributed by atoms with E-state index in [2.05, 4.69) is 79.1 Å². The maximum atomic E-state index is 13.0. The molecule has 2 heterocycles. The molecule has 1 aliphatic rings. The van der Waals surface area contributed by atoms with Gasteiger partial charge in [0.15, 0.2) is 0 Å². The zero-order chi connectivity index (χ0) is 27.5. The molecule has 3 atom stereocenters. The summed E-state index contributed by atoms with van der Waals surface area (Å²) in [5.41, 5.74) is 1.08. The average molecular weight is 649 g/mol. The number of nitrogens with zero attached hydrogens (tertiary/aromatic N) is 1. The topological polar surface area (TPSA) is 37.0 Å². The molecule has 0 radical (unpaired) electrons. The third kappa shape index (κ3) is 9.46. The van der Waals surface area contributed by atoms with Crippen LogP contribution in [-0.4, -0.2) is 23.7 Å². The van der Waals surface area contributed by atoms with Gasteiger partial charge in [-0.25, -0.2) is 4.98 Å². The van der Waals surface area contributed by atoms with Gasteiger partial charge in [0.05, 0.1) is 6.04 Å². The Labute approximate surface area is 231 Å². The number of anilines is 1. The number of benzene rings is 1. The lowest BCUT2D eigenvalue weighted by Crippen LogP contribution is -2.36. The zero-order valence-electron chi connectivity index (χ0n) is 21.3. The Balaban J connectivity index is 0.00000154. The Kier molecular flexibility index (Phi) is 14.3. The molecule has 0 amide bonds. The molecule has 0 saturated carbocycles. The molecule has 1 saturated heterocycles. The van der Waals surface area contributed by atoms with E-state index in [4.69, 9.17) is 0 Å². The minimum Gasteiger partial charge on any atom is -0.387 e. The van der Waals surface area contributed by atoms with Crippen molar-refractivity contribution in [1.82, 2.24) is 10.3 Å². The predicted molar refractivity (Wildman–Crippen MR) is 166 cm³/mol. The summed E-state index contributed by atoms with van der Waals surface area (Å²) in [4.78, 5) is 4.54. The molecule has 0 bridgehead atoms. The van der Waals surface area contributed by atoms with E-state index in [1.165, 1.54) is 0 Å². The minimum absolute atomic E-state index is 0.0500. The quantitative estimate of drug-likeness (QED) is 0.188. The van der Waals surface area contributed by atoms with E-state index in [0.717, 1.165) is 53.1 Å². The maximum Gasteiger partial charge on any atom is 0.415 e. The maximum absolute atomic E-state index is 13.0. The highest BCUT2D eigenvalue weighted by Gasteiger charge is 2.31. The lowest BCUT2D eigenvalue weighted by molar-refractivity contribution is -0.0878. The van der Waals surface area contributed by atoms with Gasteiger partial charge in [0.2, 0.25) is 0 Å². The summed E-state index contributed by atoms with van der Waals surface area (Å²) in [7, 11) is 2.70. The fraction of sp³-hybridized carbons (Fsp3) is 0.370. The number of hydrogen-bond donors (Lipinski definition) is 2. The van der Waals surface area contributed by atoms with Crippen molar-refractivity contribution in [1.29, 1.82) is 0 Å². The van der Waals surface area contributed by atoms with Gasteiger partial charge in [-0.15, -0.1) is 9.24 Å². The van der Waals surface area contributed by atoms with E-state index in [0.29, 0.717) is 11.1 Å². The first-order valence-corrected chi connectivity index (χ1v) is 16.6. The molecule has 2 N–H and O–H groups in total. The van der Waals surface area contributed by atoms with Gasteiger partial charge in [0, 0.05) is 29.4 Å². The Morgan fingerprint density at radius 3 is 2.50 bits per heavy atom. The third-order valence-corrected chi connectivity index (χ3v) is 5.85. The molecular formula is C27H37F3IN3P2. The summed E-state index contributed by atoms with van der Waals surface area (Å²) in [6.07, 6.45) is 2.10. The van der Waals surface area contributed by atoms with Gasteiger partial charge in [-0.3, -0.25) is 0 Å². The molecule has 3 rings (SSSR count). The Bertz CT molecular complexity index is 1100. The van der Waals surface area contributed by atoms with Gasteiger partial charge in [-0.1, -0.05) is 81.9 Å². The standard InChI is InChI=1S/C25H29F3N3P.C2H6.H2IP/c1-15(2)20(13-17(4)25(26,27)28)16(3)12-23-22(6-5-10-29-23)31-24-21-14-19(32)8-7-18(21)9-11-30-24;2*1-2/h7-9,11-15,22,29H,3-6,10,32H2,1-2H3,(H,30,31);1-2H3;2H2/b20-13+,23-12-;;. The molecular weight excluding hydrogens is 612 g/mol.